The average Bonchev–Trinajstić information content (AvgIpc) is 3.68. The first-order valence-corrected chi connectivity index (χ1v) is 12.4. The molecule has 0 unspecified atom stereocenters. The predicted octanol–water partition coefficient (Wildman–Crippen LogP) is 3.14. The molecule has 1 saturated heterocycles. The van der Waals surface area contributed by atoms with E-state index in [-0.39, 0.29) is 30.4 Å². The number of hydrogen-bond acceptors (Lipinski definition) is 6. The van der Waals surface area contributed by atoms with E-state index in [1.807, 2.05) is 26.0 Å². The second kappa shape index (κ2) is 10.8. The molecule has 1 N–H and O–H groups in total. The van der Waals surface area contributed by atoms with Crippen LogP contribution in [0.1, 0.15) is 66.7 Å². The van der Waals surface area contributed by atoms with Crippen molar-refractivity contribution < 1.29 is 19.2 Å². The van der Waals surface area contributed by atoms with E-state index in [1.165, 1.54) is 11.1 Å². The number of ketones is 2. The van der Waals surface area contributed by atoms with Crippen molar-refractivity contribution in [3.8, 4) is 17.3 Å². The highest BCUT2D eigenvalue weighted by atomic mass is 16.2. The molecule has 8 nitrogen and oxygen atoms in total. The van der Waals surface area contributed by atoms with Crippen LogP contribution in [0.5, 0.6) is 0 Å². The van der Waals surface area contributed by atoms with Crippen molar-refractivity contribution in [3.05, 3.63) is 52.7 Å². The molecule has 0 radical (unpaired) electrons. The van der Waals surface area contributed by atoms with Crippen molar-refractivity contribution >= 4 is 23.4 Å². The van der Waals surface area contributed by atoms with Gasteiger partial charge in [-0.25, -0.2) is 0 Å². The zero-order chi connectivity index (χ0) is 25.8. The molecule has 0 atom stereocenters. The van der Waals surface area contributed by atoms with E-state index in [1.54, 1.807) is 12.1 Å². The van der Waals surface area contributed by atoms with Gasteiger partial charge in [-0.1, -0.05) is 0 Å². The molecule has 4 rings (SSSR count). The molecule has 8 heteroatoms. The first-order valence-electron chi connectivity index (χ1n) is 12.4. The Labute approximate surface area is 210 Å². The van der Waals surface area contributed by atoms with Crippen LogP contribution in [0.2, 0.25) is 0 Å². The molecule has 1 saturated carbocycles. The number of pyridine rings is 1. The third kappa shape index (κ3) is 5.68. The first-order chi connectivity index (χ1) is 17.3. The third-order valence-corrected chi connectivity index (χ3v) is 6.81. The molecule has 2 aliphatic rings. The van der Waals surface area contributed by atoms with Crippen LogP contribution in [0, 0.1) is 25.2 Å². The fourth-order valence-corrected chi connectivity index (χ4v) is 4.82. The Morgan fingerprint density at radius 3 is 2.14 bits per heavy atom. The van der Waals surface area contributed by atoms with Crippen LogP contribution in [-0.4, -0.2) is 52.4 Å². The minimum Gasteiger partial charge on any atom is -0.345 e. The van der Waals surface area contributed by atoms with Gasteiger partial charge in [0.2, 0.25) is 0 Å². The molecule has 1 aliphatic heterocycles. The average molecular weight is 487 g/mol. The van der Waals surface area contributed by atoms with Gasteiger partial charge >= 0.3 is 11.8 Å². The number of Topliss-reactive ketones (excluding diaryl/α,β-unsaturated/α-hetero) is 2. The van der Waals surface area contributed by atoms with Crippen LogP contribution < -0.4 is 5.32 Å². The molecule has 1 aliphatic carbocycles. The Kier molecular flexibility index (Phi) is 7.58. The Hall–Kier alpha value is -3.86. The van der Waals surface area contributed by atoms with Gasteiger partial charge in [0.15, 0.2) is 0 Å². The van der Waals surface area contributed by atoms with Crippen molar-refractivity contribution in [2.24, 2.45) is 0 Å². The highest BCUT2D eigenvalue weighted by Gasteiger charge is 2.33. The van der Waals surface area contributed by atoms with E-state index >= 15 is 0 Å². The van der Waals surface area contributed by atoms with Gasteiger partial charge in [-0.3, -0.25) is 24.2 Å². The molecule has 2 aromatic rings. The zero-order valence-electron chi connectivity index (χ0n) is 20.7. The maximum absolute atomic E-state index is 13.3. The van der Waals surface area contributed by atoms with Crippen molar-refractivity contribution in [1.82, 2.24) is 15.2 Å². The maximum atomic E-state index is 13.3. The van der Waals surface area contributed by atoms with Crippen molar-refractivity contribution in [2.75, 3.05) is 13.1 Å². The van der Waals surface area contributed by atoms with Crippen LogP contribution in [-0.2, 0) is 19.2 Å². The standard InChI is InChI=1S/C28H30N4O4/c1-17-13-20(22-10-7-19(15-29)16-30-22)14-18(2)25(17)26-23(33)5-3-11-32(12-4-6-24(26)34)28(36)27(35)31-21-8-9-21/h7,10,13-14,16,21,26H,3-6,8-9,11-12H2,1-2H3,(H,31,35). The minimum atomic E-state index is -0.839. The van der Waals surface area contributed by atoms with Gasteiger partial charge in [-0.15, -0.1) is 0 Å². The van der Waals surface area contributed by atoms with E-state index < -0.39 is 17.7 Å². The topological polar surface area (TPSA) is 120 Å². The van der Waals surface area contributed by atoms with E-state index in [2.05, 4.69) is 16.4 Å². The van der Waals surface area contributed by atoms with Gasteiger partial charge in [0.05, 0.1) is 11.3 Å². The quantitative estimate of drug-likeness (QED) is 0.526. The lowest BCUT2D eigenvalue weighted by Crippen LogP contribution is -2.45. The van der Waals surface area contributed by atoms with Crippen LogP contribution in [0.3, 0.4) is 0 Å². The van der Waals surface area contributed by atoms with Crippen LogP contribution in [0.25, 0.3) is 11.3 Å². The largest absolute Gasteiger partial charge is 0.345 e. The fourth-order valence-electron chi connectivity index (χ4n) is 4.82. The van der Waals surface area contributed by atoms with Gasteiger partial charge in [-0.2, -0.15) is 5.26 Å². The maximum Gasteiger partial charge on any atom is 0.311 e. The lowest BCUT2D eigenvalue weighted by molar-refractivity contribution is -0.146. The van der Waals surface area contributed by atoms with Crippen molar-refractivity contribution in [3.63, 3.8) is 0 Å². The molecular formula is C28H30N4O4. The predicted molar refractivity (Wildman–Crippen MR) is 133 cm³/mol. The number of benzene rings is 1. The van der Waals surface area contributed by atoms with Gasteiger partial charge in [0.25, 0.3) is 0 Å². The van der Waals surface area contributed by atoms with E-state index in [0.29, 0.717) is 37.2 Å². The number of nitrogens with one attached hydrogen (secondary N) is 1. The van der Waals surface area contributed by atoms with E-state index in [0.717, 1.165) is 35.1 Å². The first kappa shape index (κ1) is 25.2. The molecular weight excluding hydrogens is 456 g/mol. The van der Waals surface area contributed by atoms with Crippen LogP contribution >= 0.6 is 0 Å². The number of nitrogens with zero attached hydrogens (tertiary/aromatic N) is 3. The second-order valence-electron chi connectivity index (χ2n) is 9.68. The number of carbonyl (C=O) groups excluding carboxylic acids is 4. The Balaban J connectivity index is 1.51. The lowest BCUT2D eigenvalue weighted by Gasteiger charge is -2.26. The summed E-state index contributed by atoms with van der Waals surface area (Å²) in [5.74, 6) is -2.35. The molecule has 1 aromatic heterocycles. The fraction of sp³-hybridized carbons (Fsp3) is 0.429. The molecule has 2 heterocycles. The summed E-state index contributed by atoms with van der Waals surface area (Å²) < 4.78 is 0. The Morgan fingerprint density at radius 1 is 1.03 bits per heavy atom. The molecule has 36 heavy (non-hydrogen) atoms. The Morgan fingerprint density at radius 2 is 1.64 bits per heavy atom. The van der Waals surface area contributed by atoms with Crippen molar-refractivity contribution in [2.45, 2.75) is 64.3 Å². The summed E-state index contributed by atoms with van der Waals surface area (Å²) in [6.45, 7) is 4.41. The molecule has 0 spiro atoms. The summed E-state index contributed by atoms with van der Waals surface area (Å²) in [6, 6.07) is 9.49. The summed E-state index contributed by atoms with van der Waals surface area (Å²) in [6.07, 6.45) is 4.42. The summed E-state index contributed by atoms with van der Waals surface area (Å²) in [4.78, 5) is 57.2. The zero-order valence-corrected chi connectivity index (χ0v) is 20.7. The number of hydrogen-bond donors (Lipinski definition) is 1. The molecule has 2 amide bonds. The van der Waals surface area contributed by atoms with Crippen molar-refractivity contribution in [1.29, 1.82) is 5.26 Å². The SMILES string of the molecule is Cc1cc(-c2ccc(C#N)cn2)cc(C)c1C1C(=O)CCCN(C(=O)C(=O)NC2CC2)CCCC1=O. The number of carbonyl (C=O) groups is 4. The van der Waals surface area contributed by atoms with Crippen LogP contribution in [0.4, 0.5) is 0 Å². The molecule has 0 bridgehead atoms. The molecule has 2 fully saturated rings. The summed E-state index contributed by atoms with van der Waals surface area (Å²) in [5.41, 5.74) is 4.47. The Bertz CT molecular complexity index is 1200. The highest BCUT2D eigenvalue weighted by molar-refractivity contribution is 6.35. The van der Waals surface area contributed by atoms with Gasteiger partial charge < -0.3 is 10.2 Å². The van der Waals surface area contributed by atoms with Gasteiger partial charge in [0.1, 0.15) is 23.6 Å². The monoisotopic (exact) mass is 486 g/mol. The number of amides is 2. The highest BCUT2D eigenvalue weighted by Crippen LogP contribution is 2.32. The van der Waals surface area contributed by atoms with E-state index in [9.17, 15) is 19.2 Å². The summed E-state index contributed by atoms with van der Waals surface area (Å²) in [5, 5.41) is 11.7. The number of aromatic nitrogens is 1. The van der Waals surface area contributed by atoms with Gasteiger partial charge in [-0.05, 0) is 80.5 Å². The third-order valence-electron chi connectivity index (χ3n) is 6.81. The summed E-state index contributed by atoms with van der Waals surface area (Å²) >= 11 is 0. The number of rotatable bonds is 3. The normalized spacial score (nSPS) is 17.4. The van der Waals surface area contributed by atoms with E-state index in [4.69, 9.17) is 5.26 Å². The van der Waals surface area contributed by atoms with Crippen LogP contribution in [0.15, 0.2) is 30.5 Å². The smallest absolute Gasteiger partial charge is 0.311 e. The molecule has 1 aromatic carbocycles. The number of nitriles is 1. The lowest BCUT2D eigenvalue weighted by atomic mass is 9.81. The van der Waals surface area contributed by atoms with Gasteiger partial charge in [0, 0.05) is 43.7 Å². The molecule has 186 valence electrons. The number of aryl methyl sites for hydroxylation is 2. The summed E-state index contributed by atoms with van der Waals surface area (Å²) in [7, 11) is 0. The minimum absolute atomic E-state index is 0.0941. The second-order valence-corrected chi connectivity index (χ2v) is 9.68.